The molecule has 0 saturated carbocycles. The molecule has 0 spiro atoms. The molecule has 0 fully saturated rings. The molecule has 24 heavy (non-hydrogen) atoms. The predicted octanol–water partition coefficient (Wildman–Crippen LogP) is 5.95. The van der Waals surface area contributed by atoms with E-state index in [1.54, 1.807) is 6.92 Å². The van der Waals surface area contributed by atoms with Crippen molar-refractivity contribution in [2.45, 2.75) is 110 Å². The topological polar surface area (TPSA) is 46.5 Å². The third-order valence-corrected chi connectivity index (χ3v) is 4.23. The summed E-state index contributed by atoms with van der Waals surface area (Å²) in [7, 11) is 0. The highest BCUT2D eigenvalue weighted by molar-refractivity contribution is 5.69. The molecule has 0 aliphatic rings. The fourth-order valence-corrected chi connectivity index (χ4v) is 2.66. The third-order valence-electron chi connectivity index (χ3n) is 4.23. The van der Waals surface area contributed by atoms with Crippen LogP contribution in [0.1, 0.15) is 104 Å². The molecule has 142 valence electrons. The molecule has 0 aromatic carbocycles. The molecule has 1 atom stereocenters. The van der Waals surface area contributed by atoms with Crippen LogP contribution in [0.3, 0.4) is 0 Å². The van der Waals surface area contributed by atoms with Gasteiger partial charge < -0.3 is 9.84 Å². The molecule has 0 heterocycles. The first-order valence-corrected chi connectivity index (χ1v) is 10.2. The molecule has 0 aromatic rings. The van der Waals surface area contributed by atoms with Crippen molar-refractivity contribution in [3.63, 3.8) is 0 Å². The summed E-state index contributed by atoms with van der Waals surface area (Å²) < 4.78 is 5.02. The number of aliphatic hydroxyl groups excluding tert-OH is 1. The van der Waals surface area contributed by atoms with Crippen molar-refractivity contribution in [3.8, 4) is 0 Å². The lowest BCUT2D eigenvalue weighted by atomic mass is 10.1. The Morgan fingerprint density at radius 2 is 1.38 bits per heavy atom. The molecule has 0 bridgehead atoms. The van der Waals surface area contributed by atoms with Crippen molar-refractivity contribution in [1.29, 1.82) is 0 Å². The Balaban J connectivity index is 3.22. The van der Waals surface area contributed by atoms with E-state index in [0.29, 0.717) is 6.42 Å². The monoisotopic (exact) mass is 340 g/mol. The smallest absolute Gasteiger partial charge is 0.306 e. The zero-order valence-corrected chi connectivity index (χ0v) is 16.1. The second kappa shape index (κ2) is 18.5. The number of esters is 1. The standard InChI is InChI=1S/C21H40O3/c1-3-4-5-6-7-8-9-10-11-12-13-14-15-16-17-18-21(23)24-20(2)19-22/h10-11,20,22H,3-9,12-19H2,1-2H3/b11-10-. The molecule has 0 aromatic heterocycles. The van der Waals surface area contributed by atoms with E-state index in [2.05, 4.69) is 19.1 Å². The predicted molar refractivity (Wildman–Crippen MR) is 102 cm³/mol. The van der Waals surface area contributed by atoms with Gasteiger partial charge in [-0.2, -0.15) is 0 Å². The number of carbonyl (C=O) groups excluding carboxylic acids is 1. The number of ether oxygens (including phenoxy) is 1. The van der Waals surface area contributed by atoms with Crippen LogP contribution in [-0.4, -0.2) is 23.8 Å². The number of carbonyl (C=O) groups is 1. The highest BCUT2D eigenvalue weighted by Gasteiger charge is 2.07. The average molecular weight is 341 g/mol. The molecule has 0 aliphatic carbocycles. The molecule has 3 nitrogen and oxygen atoms in total. The van der Waals surface area contributed by atoms with Crippen LogP contribution in [0.25, 0.3) is 0 Å². The van der Waals surface area contributed by atoms with Gasteiger partial charge in [-0.15, -0.1) is 0 Å². The summed E-state index contributed by atoms with van der Waals surface area (Å²) in [4.78, 5) is 11.4. The SMILES string of the molecule is CCCCCCCC/C=C\CCCCCCCC(=O)OC(C)CO. The molecule has 0 rings (SSSR count). The number of hydrogen-bond acceptors (Lipinski definition) is 3. The summed E-state index contributed by atoms with van der Waals surface area (Å²) in [6, 6.07) is 0. The lowest BCUT2D eigenvalue weighted by Crippen LogP contribution is -2.18. The maximum Gasteiger partial charge on any atom is 0.306 e. The average Bonchev–Trinajstić information content (AvgIpc) is 2.58. The van der Waals surface area contributed by atoms with Crippen molar-refractivity contribution in [1.82, 2.24) is 0 Å². The minimum absolute atomic E-state index is 0.0991. The normalized spacial score (nSPS) is 12.6. The molecule has 0 amide bonds. The van der Waals surface area contributed by atoms with Crippen LogP contribution in [0, 0.1) is 0 Å². The summed E-state index contributed by atoms with van der Waals surface area (Å²) in [6.07, 6.45) is 21.1. The van der Waals surface area contributed by atoms with Crippen molar-refractivity contribution >= 4 is 5.97 Å². The fraction of sp³-hybridized carbons (Fsp3) is 0.857. The Bertz CT molecular complexity index is 299. The van der Waals surface area contributed by atoms with E-state index in [9.17, 15) is 4.79 Å². The van der Waals surface area contributed by atoms with Crippen LogP contribution in [0.4, 0.5) is 0 Å². The molecule has 0 radical (unpaired) electrons. The number of rotatable bonds is 17. The maximum absolute atomic E-state index is 11.4. The molecular formula is C21H40O3. The molecule has 1 N–H and O–H groups in total. The fourth-order valence-electron chi connectivity index (χ4n) is 2.66. The van der Waals surface area contributed by atoms with E-state index in [0.717, 1.165) is 12.8 Å². The Labute approximate surface area is 149 Å². The van der Waals surface area contributed by atoms with Gasteiger partial charge in [0, 0.05) is 6.42 Å². The zero-order valence-electron chi connectivity index (χ0n) is 16.1. The molecule has 0 saturated heterocycles. The lowest BCUT2D eigenvalue weighted by Gasteiger charge is -2.09. The highest BCUT2D eigenvalue weighted by atomic mass is 16.5. The molecular weight excluding hydrogens is 300 g/mol. The largest absolute Gasteiger partial charge is 0.460 e. The number of allylic oxidation sites excluding steroid dienone is 2. The second-order valence-electron chi connectivity index (χ2n) is 6.82. The molecule has 1 unspecified atom stereocenters. The highest BCUT2D eigenvalue weighted by Crippen LogP contribution is 2.10. The van der Waals surface area contributed by atoms with Crippen molar-refractivity contribution in [2.75, 3.05) is 6.61 Å². The van der Waals surface area contributed by atoms with Crippen molar-refractivity contribution in [3.05, 3.63) is 12.2 Å². The van der Waals surface area contributed by atoms with Crippen LogP contribution in [0.15, 0.2) is 12.2 Å². The Hall–Kier alpha value is -0.830. The van der Waals surface area contributed by atoms with Crippen molar-refractivity contribution < 1.29 is 14.6 Å². The van der Waals surface area contributed by atoms with E-state index in [1.807, 2.05) is 0 Å². The van der Waals surface area contributed by atoms with Crippen LogP contribution in [-0.2, 0) is 9.53 Å². The van der Waals surface area contributed by atoms with Gasteiger partial charge in [-0.1, -0.05) is 70.4 Å². The van der Waals surface area contributed by atoms with Crippen LogP contribution in [0.2, 0.25) is 0 Å². The van der Waals surface area contributed by atoms with Gasteiger partial charge in [0.05, 0.1) is 6.61 Å². The molecule has 0 aliphatic heterocycles. The van der Waals surface area contributed by atoms with Gasteiger partial charge in [0.2, 0.25) is 0 Å². The van der Waals surface area contributed by atoms with Gasteiger partial charge >= 0.3 is 5.97 Å². The summed E-state index contributed by atoms with van der Waals surface area (Å²) in [6.45, 7) is 3.87. The number of hydrogen-bond donors (Lipinski definition) is 1. The first kappa shape index (κ1) is 23.2. The van der Waals surface area contributed by atoms with Gasteiger partial charge in [-0.05, 0) is 39.0 Å². The first-order chi connectivity index (χ1) is 11.7. The van der Waals surface area contributed by atoms with E-state index in [-0.39, 0.29) is 18.7 Å². The maximum atomic E-state index is 11.4. The zero-order chi connectivity index (χ0) is 17.9. The minimum Gasteiger partial charge on any atom is -0.460 e. The van der Waals surface area contributed by atoms with E-state index >= 15 is 0 Å². The van der Waals surface area contributed by atoms with E-state index in [1.165, 1.54) is 70.6 Å². The first-order valence-electron chi connectivity index (χ1n) is 10.2. The summed E-state index contributed by atoms with van der Waals surface area (Å²) in [5.74, 6) is -0.186. The van der Waals surface area contributed by atoms with Crippen LogP contribution < -0.4 is 0 Å². The van der Waals surface area contributed by atoms with Crippen LogP contribution in [0.5, 0.6) is 0 Å². The summed E-state index contributed by atoms with van der Waals surface area (Å²) in [5, 5.41) is 8.80. The number of aliphatic hydroxyl groups is 1. The number of unbranched alkanes of at least 4 members (excludes halogenated alkanes) is 11. The van der Waals surface area contributed by atoms with Crippen molar-refractivity contribution in [2.24, 2.45) is 0 Å². The Morgan fingerprint density at radius 1 is 0.875 bits per heavy atom. The van der Waals surface area contributed by atoms with Gasteiger partial charge in [-0.25, -0.2) is 0 Å². The lowest BCUT2D eigenvalue weighted by molar-refractivity contribution is -0.150. The van der Waals surface area contributed by atoms with E-state index < -0.39 is 0 Å². The van der Waals surface area contributed by atoms with Gasteiger partial charge in [0.25, 0.3) is 0 Å². The summed E-state index contributed by atoms with van der Waals surface area (Å²) in [5.41, 5.74) is 0. The quantitative estimate of drug-likeness (QED) is 0.202. The van der Waals surface area contributed by atoms with Gasteiger partial charge in [0.15, 0.2) is 0 Å². The van der Waals surface area contributed by atoms with Gasteiger partial charge in [-0.3, -0.25) is 4.79 Å². The summed E-state index contributed by atoms with van der Waals surface area (Å²) >= 11 is 0. The molecule has 3 heteroatoms. The van der Waals surface area contributed by atoms with Gasteiger partial charge in [0.1, 0.15) is 6.10 Å². The minimum atomic E-state index is -0.374. The second-order valence-corrected chi connectivity index (χ2v) is 6.82. The Morgan fingerprint density at radius 3 is 1.92 bits per heavy atom. The van der Waals surface area contributed by atoms with Crippen LogP contribution >= 0.6 is 0 Å². The van der Waals surface area contributed by atoms with E-state index in [4.69, 9.17) is 9.84 Å². The Kier molecular flexibility index (Phi) is 17.9. The third kappa shape index (κ3) is 17.5.